The van der Waals surface area contributed by atoms with Crippen molar-refractivity contribution in [3.8, 4) is 6.07 Å². The fourth-order valence-corrected chi connectivity index (χ4v) is 2.56. The van der Waals surface area contributed by atoms with Crippen LogP contribution in [0.2, 0.25) is 0 Å². The summed E-state index contributed by atoms with van der Waals surface area (Å²) in [5.74, 6) is 0.772. The zero-order chi connectivity index (χ0) is 16.8. The SMILES string of the molecule is N#Cc1ccc(NCC(=O)N2CCN(c3ncccn3)CC2)cc1. The number of amides is 1. The predicted octanol–water partition coefficient (Wildman–Crippen LogP) is 1.11. The Kier molecular flexibility index (Phi) is 4.87. The van der Waals surface area contributed by atoms with Crippen LogP contribution in [-0.4, -0.2) is 53.5 Å². The molecular formula is C17H18N6O. The highest BCUT2D eigenvalue weighted by molar-refractivity contribution is 5.81. The Morgan fingerprint density at radius 2 is 1.79 bits per heavy atom. The first-order valence-electron chi connectivity index (χ1n) is 7.80. The average molecular weight is 322 g/mol. The van der Waals surface area contributed by atoms with Gasteiger partial charge in [0, 0.05) is 44.3 Å². The molecule has 1 amide bonds. The maximum absolute atomic E-state index is 12.3. The number of nitrogens with zero attached hydrogens (tertiary/aromatic N) is 5. The zero-order valence-electron chi connectivity index (χ0n) is 13.2. The molecule has 2 aromatic rings. The molecule has 0 bridgehead atoms. The van der Waals surface area contributed by atoms with Gasteiger partial charge in [0.05, 0.1) is 18.2 Å². The van der Waals surface area contributed by atoms with Crippen molar-refractivity contribution in [1.82, 2.24) is 14.9 Å². The van der Waals surface area contributed by atoms with Crippen molar-refractivity contribution in [3.63, 3.8) is 0 Å². The highest BCUT2D eigenvalue weighted by Gasteiger charge is 2.22. The third-order valence-corrected chi connectivity index (χ3v) is 3.93. The molecule has 1 N–H and O–H groups in total. The molecule has 7 nitrogen and oxygen atoms in total. The summed E-state index contributed by atoms with van der Waals surface area (Å²) < 4.78 is 0. The Balaban J connectivity index is 1.47. The van der Waals surface area contributed by atoms with E-state index in [2.05, 4.69) is 26.3 Å². The number of carbonyl (C=O) groups is 1. The largest absolute Gasteiger partial charge is 0.376 e. The van der Waals surface area contributed by atoms with Gasteiger partial charge in [0.1, 0.15) is 0 Å². The molecular weight excluding hydrogens is 304 g/mol. The first kappa shape index (κ1) is 15.7. The predicted molar refractivity (Wildman–Crippen MR) is 90.5 cm³/mol. The minimum Gasteiger partial charge on any atom is -0.376 e. The lowest BCUT2D eigenvalue weighted by Gasteiger charge is -2.34. The molecule has 0 saturated carbocycles. The van der Waals surface area contributed by atoms with Crippen LogP contribution in [0.25, 0.3) is 0 Å². The number of carbonyl (C=O) groups excluding carboxylic acids is 1. The molecule has 122 valence electrons. The van der Waals surface area contributed by atoms with Crippen LogP contribution < -0.4 is 10.2 Å². The van der Waals surface area contributed by atoms with E-state index in [-0.39, 0.29) is 12.5 Å². The number of hydrogen-bond donors (Lipinski definition) is 1. The number of anilines is 2. The van der Waals surface area contributed by atoms with E-state index in [9.17, 15) is 4.79 Å². The van der Waals surface area contributed by atoms with Gasteiger partial charge in [0.2, 0.25) is 11.9 Å². The fourth-order valence-electron chi connectivity index (χ4n) is 2.56. The Morgan fingerprint density at radius 1 is 1.12 bits per heavy atom. The molecule has 0 aliphatic carbocycles. The van der Waals surface area contributed by atoms with Crippen LogP contribution in [0, 0.1) is 11.3 Å². The number of aromatic nitrogens is 2. The van der Waals surface area contributed by atoms with E-state index >= 15 is 0 Å². The molecule has 24 heavy (non-hydrogen) atoms. The summed E-state index contributed by atoms with van der Waals surface area (Å²) in [6.45, 7) is 3.02. The zero-order valence-corrected chi connectivity index (χ0v) is 13.2. The molecule has 1 fully saturated rings. The van der Waals surface area contributed by atoms with Crippen molar-refractivity contribution in [2.24, 2.45) is 0 Å². The van der Waals surface area contributed by atoms with E-state index in [4.69, 9.17) is 5.26 Å². The van der Waals surface area contributed by atoms with E-state index in [0.717, 1.165) is 18.8 Å². The molecule has 1 aromatic carbocycles. The van der Waals surface area contributed by atoms with Gasteiger partial charge in [-0.1, -0.05) is 0 Å². The van der Waals surface area contributed by atoms with Gasteiger partial charge >= 0.3 is 0 Å². The summed E-state index contributed by atoms with van der Waals surface area (Å²) in [5.41, 5.74) is 1.44. The lowest BCUT2D eigenvalue weighted by Crippen LogP contribution is -2.50. The van der Waals surface area contributed by atoms with E-state index in [1.54, 1.807) is 42.7 Å². The minimum absolute atomic E-state index is 0.0630. The van der Waals surface area contributed by atoms with Gasteiger partial charge in [0.25, 0.3) is 0 Å². The molecule has 7 heteroatoms. The Labute approximate surface area is 140 Å². The van der Waals surface area contributed by atoms with Crippen LogP contribution in [0.15, 0.2) is 42.7 Å². The molecule has 0 radical (unpaired) electrons. The molecule has 1 aromatic heterocycles. The van der Waals surface area contributed by atoms with Crippen LogP contribution in [0.3, 0.4) is 0 Å². The van der Waals surface area contributed by atoms with Crippen molar-refractivity contribution < 1.29 is 4.79 Å². The van der Waals surface area contributed by atoms with Crippen LogP contribution >= 0.6 is 0 Å². The smallest absolute Gasteiger partial charge is 0.241 e. The summed E-state index contributed by atoms with van der Waals surface area (Å²) >= 11 is 0. The van der Waals surface area contributed by atoms with Crippen molar-refractivity contribution in [2.75, 3.05) is 42.9 Å². The quantitative estimate of drug-likeness (QED) is 0.907. The first-order chi connectivity index (χ1) is 11.8. The highest BCUT2D eigenvalue weighted by atomic mass is 16.2. The molecule has 1 saturated heterocycles. The van der Waals surface area contributed by atoms with E-state index < -0.39 is 0 Å². The van der Waals surface area contributed by atoms with Gasteiger partial charge in [-0.15, -0.1) is 0 Å². The number of nitrogens with one attached hydrogen (secondary N) is 1. The topological polar surface area (TPSA) is 85.2 Å². The molecule has 1 aliphatic heterocycles. The number of hydrogen-bond acceptors (Lipinski definition) is 6. The third kappa shape index (κ3) is 3.79. The minimum atomic E-state index is 0.0630. The molecule has 0 spiro atoms. The average Bonchev–Trinajstić information content (AvgIpc) is 2.67. The highest BCUT2D eigenvalue weighted by Crippen LogP contribution is 2.11. The Hall–Kier alpha value is -3.14. The fraction of sp³-hybridized carbons (Fsp3) is 0.294. The van der Waals surface area contributed by atoms with E-state index in [0.29, 0.717) is 24.6 Å². The standard InChI is InChI=1S/C17H18N6O/c18-12-14-2-4-15(5-3-14)21-13-16(24)22-8-10-23(11-9-22)17-19-6-1-7-20-17/h1-7,21H,8-11,13H2. The molecule has 0 unspecified atom stereocenters. The van der Waals surface area contributed by atoms with E-state index in [1.807, 2.05) is 4.90 Å². The van der Waals surface area contributed by atoms with Crippen molar-refractivity contribution in [2.45, 2.75) is 0 Å². The summed E-state index contributed by atoms with van der Waals surface area (Å²) in [6.07, 6.45) is 3.45. The number of nitriles is 1. The lowest BCUT2D eigenvalue weighted by atomic mass is 10.2. The number of piperazine rings is 1. The van der Waals surface area contributed by atoms with Crippen LogP contribution in [0.4, 0.5) is 11.6 Å². The second-order valence-corrected chi connectivity index (χ2v) is 5.46. The maximum atomic E-state index is 12.3. The van der Waals surface area contributed by atoms with Gasteiger partial charge in [0.15, 0.2) is 0 Å². The summed E-state index contributed by atoms with van der Waals surface area (Å²) in [4.78, 5) is 24.7. The van der Waals surface area contributed by atoms with Gasteiger partial charge in [-0.2, -0.15) is 5.26 Å². The van der Waals surface area contributed by atoms with Crippen LogP contribution in [0.5, 0.6) is 0 Å². The van der Waals surface area contributed by atoms with Gasteiger partial charge < -0.3 is 15.1 Å². The molecule has 3 rings (SSSR count). The lowest BCUT2D eigenvalue weighted by molar-refractivity contribution is -0.129. The van der Waals surface area contributed by atoms with Crippen molar-refractivity contribution >= 4 is 17.5 Å². The first-order valence-corrected chi connectivity index (χ1v) is 7.80. The summed E-state index contributed by atoms with van der Waals surface area (Å²) in [6, 6.07) is 10.9. The van der Waals surface area contributed by atoms with Gasteiger partial charge in [-0.3, -0.25) is 4.79 Å². The monoisotopic (exact) mass is 322 g/mol. The second kappa shape index (κ2) is 7.42. The maximum Gasteiger partial charge on any atom is 0.241 e. The Morgan fingerprint density at radius 3 is 2.42 bits per heavy atom. The molecule has 1 aliphatic rings. The van der Waals surface area contributed by atoms with Gasteiger partial charge in [-0.25, -0.2) is 9.97 Å². The number of benzene rings is 1. The van der Waals surface area contributed by atoms with Crippen LogP contribution in [0.1, 0.15) is 5.56 Å². The second-order valence-electron chi connectivity index (χ2n) is 5.46. The summed E-state index contributed by atoms with van der Waals surface area (Å²) in [5, 5.41) is 11.9. The van der Waals surface area contributed by atoms with E-state index in [1.165, 1.54) is 0 Å². The number of rotatable bonds is 4. The normalized spacial score (nSPS) is 14.1. The summed E-state index contributed by atoms with van der Waals surface area (Å²) in [7, 11) is 0. The van der Waals surface area contributed by atoms with Crippen molar-refractivity contribution in [1.29, 1.82) is 5.26 Å². The molecule has 2 heterocycles. The third-order valence-electron chi connectivity index (χ3n) is 3.93. The van der Waals surface area contributed by atoms with Gasteiger partial charge in [-0.05, 0) is 30.3 Å². The van der Waals surface area contributed by atoms with Crippen molar-refractivity contribution in [3.05, 3.63) is 48.3 Å². The molecule has 0 atom stereocenters. The Bertz CT molecular complexity index is 717. The van der Waals surface area contributed by atoms with Crippen LogP contribution in [-0.2, 0) is 4.79 Å².